The van der Waals surface area contributed by atoms with Crippen LogP contribution in [0.5, 0.6) is 0 Å². The number of thioether (sulfide) groups is 1. The van der Waals surface area contributed by atoms with Gasteiger partial charge >= 0.3 is 5.97 Å². The van der Waals surface area contributed by atoms with Crippen molar-refractivity contribution in [2.45, 2.75) is 26.8 Å². The molecule has 5 heteroatoms. The molecule has 2 aromatic rings. The first kappa shape index (κ1) is 14.9. The van der Waals surface area contributed by atoms with E-state index >= 15 is 0 Å². The molecule has 1 unspecified atom stereocenters. The zero-order valence-electron chi connectivity index (χ0n) is 12.1. The zero-order valence-corrected chi connectivity index (χ0v) is 12.9. The molecule has 1 heterocycles. The number of hydrogen-bond donors (Lipinski definition) is 1. The van der Waals surface area contributed by atoms with Crippen LogP contribution < -0.4 is 0 Å². The predicted molar refractivity (Wildman–Crippen MR) is 83.6 cm³/mol. The molecule has 0 fully saturated rings. The summed E-state index contributed by atoms with van der Waals surface area (Å²) in [6.07, 6.45) is 2.96. The van der Waals surface area contributed by atoms with Crippen LogP contribution in [0, 0.1) is 5.92 Å². The van der Waals surface area contributed by atoms with Crippen molar-refractivity contribution in [3.63, 3.8) is 0 Å². The number of fused-ring (bicyclic) bond motifs is 1. The normalized spacial score (nSPS) is 12.8. The molecule has 1 aromatic carbocycles. The van der Waals surface area contributed by atoms with Crippen molar-refractivity contribution < 1.29 is 9.90 Å². The molecule has 0 saturated heterocycles. The number of carboxylic acid groups (broad SMARTS) is 1. The topological polar surface area (TPSA) is 55.1 Å². The van der Waals surface area contributed by atoms with Gasteiger partial charge in [-0.1, -0.05) is 13.8 Å². The number of aromatic nitrogens is 2. The lowest BCUT2D eigenvalue weighted by Gasteiger charge is -2.14. The Morgan fingerprint density at radius 1 is 1.50 bits per heavy atom. The maximum atomic E-state index is 11.0. The third-order valence-electron chi connectivity index (χ3n) is 3.34. The lowest BCUT2D eigenvalue weighted by molar-refractivity contribution is 0.0697. The predicted octanol–water partition coefficient (Wildman–Crippen LogP) is 3.30. The fraction of sp³-hybridized carbons (Fsp3) is 0.467. The van der Waals surface area contributed by atoms with E-state index in [4.69, 9.17) is 5.11 Å². The average Bonchev–Trinajstić information content (AvgIpc) is 2.76. The lowest BCUT2D eigenvalue weighted by atomic mass is 10.2. The van der Waals surface area contributed by atoms with Crippen molar-refractivity contribution in [1.82, 2.24) is 9.55 Å². The third kappa shape index (κ3) is 2.98. The molecule has 1 N–H and O–H groups in total. The Morgan fingerprint density at radius 3 is 2.85 bits per heavy atom. The van der Waals surface area contributed by atoms with E-state index in [1.165, 1.54) is 0 Å². The Morgan fingerprint density at radius 2 is 2.25 bits per heavy atom. The largest absolute Gasteiger partial charge is 0.478 e. The van der Waals surface area contributed by atoms with Gasteiger partial charge in [0.05, 0.1) is 16.6 Å². The van der Waals surface area contributed by atoms with Crippen molar-refractivity contribution in [1.29, 1.82) is 0 Å². The Hall–Kier alpha value is -1.49. The van der Waals surface area contributed by atoms with Crippen LogP contribution in [-0.2, 0) is 13.0 Å². The fourth-order valence-electron chi connectivity index (χ4n) is 2.44. The molecule has 0 spiro atoms. The number of rotatable bonds is 6. The van der Waals surface area contributed by atoms with Crippen molar-refractivity contribution >= 4 is 28.8 Å². The van der Waals surface area contributed by atoms with E-state index in [-0.39, 0.29) is 0 Å². The molecular formula is C15H20N2O2S. The number of carboxylic acids is 1. The van der Waals surface area contributed by atoms with Gasteiger partial charge in [0.1, 0.15) is 5.82 Å². The molecule has 20 heavy (non-hydrogen) atoms. The van der Waals surface area contributed by atoms with Gasteiger partial charge in [0.15, 0.2) is 0 Å². The van der Waals surface area contributed by atoms with Gasteiger partial charge in [0.2, 0.25) is 0 Å². The molecule has 2 rings (SSSR count). The van der Waals surface area contributed by atoms with Crippen molar-refractivity contribution in [3.8, 4) is 0 Å². The van der Waals surface area contributed by atoms with Gasteiger partial charge < -0.3 is 9.67 Å². The Kier molecular flexibility index (Phi) is 4.70. The van der Waals surface area contributed by atoms with E-state index in [0.717, 1.165) is 35.6 Å². The molecule has 0 saturated carbocycles. The summed E-state index contributed by atoms with van der Waals surface area (Å²) in [5.74, 6) is 1.79. The number of benzene rings is 1. The molecule has 1 aromatic heterocycles. The number of aromatic carboxylic acids is 1. The van der Waals surface area contributed by atoms with E-state index in [0.29, 0.717) is 11.5 Å². The highest BCUT2D eigenvalue weighted by Crippen LogP contribution is 2.21. The number of nitrogens with zero attached hydrogens (tertiary/aromatic N) is 2. The first-order chi connectivity index (χ1) is 9.56. The maximum absolute atomic E-state index is 11.0. The highest BCUT2D eigenvalue weighted by atomic mass is 32.2. The third-order valence-corrected chi connectivity index (χ3v) is 4.24. The van der Waals surface area contributed by atoms with Gasteiger partial charge in [0, 0.05) is 13.0 Å². The maximum Gasteiger partial charge on any atom is 0.335 e. The Bertz CT molecular complexity index is 622. The molecule has 0 aliphatic heterocycles. The molecule has 108 valence electrons. The SMILES string of the molecule is CCc1nc2cc(C(=O)O)ccc2n1CC(C)CSC. The summed E-state index contributed by atoms with van der Waals surface area (Å²) in [6, 6.07) is 5.19. The summed E-state index contributed by atoms with van der Waals surface area (Å²) in [4.78, 5) is 15.6. The van der Waals surface area contributed by atoms with Crippen LogP contribution >= 0.6 is 11.8 Å². The molecule has 0 amide bonds. The minimum Gasteiger partial charge on any atom is -0.478 e. The van der Waals surface area contributed by atoms with Crippen LogP contribution in [0.15, 0.2) is 18.2 Å². The van der Waals surface area contributed by atoms with Gasteiger partial charge in [-0.15, -0.1) is 0 Å². The summed E-state index contributed by atoms with van der Waals surface area (Å²) in [5.41, 5.74) is 2.10. The second-order valence-electron chi connectivity index (χ2n) is 5.06. The van der Waals surface area contributed by atoms with Gasteiger partial charge in [-0.05, 0) is 36.1 Å². The molecule has 0 radical (unpaired) electrons. The van der Waals surface area contributed by atoms with E-state index < -0.39 is 5.97 Å². The molecule has 0 aliphatic rings. The number of aryl methyl sites for hydroxylation is 1. The summed E-state index contributed by atoms with van der Waals surface area (Å²) < 4.78 is 2.22. The van der Waals surface area contributed by atoms with E-state index in [1.54, 1.807) is 12.1 Å². The minimum absolute atomic E-state index is 0.293. The van der Waals surface area contributed by atoms with Crippen LogP contribution in [-0.4, -0.2) is 32.6 Å². The number of hydrogen-bond acceptors (Lipinski definition) is 3. The van der Waals surface area contributed by atoms with Crippen molar-refractivity contribution in [2.75, 3.05) is 12.0 Å². The second-order valence-corrected chi connectivity index (χ2v) is 5.97. The van der Waals surface area contributed by atoms with Crippen LogP contribution in [0.25, 0.3) is 11.0 Å². The first-order valence-corrected chi connectivity index (χ1v) is 8.17. The molecule has 1 atom stereocenters. The van der Waals surface area contributed by atoms with E-state index in [1.807, 2.05) is 17.8 Å². The Labute approximate surface area is 123 Å². The van der Waals surface area contributed by atoms with Crippen LogP contribution in [0.2, 0.25) is 0 Å². The summed E-state index contributed by atoms with van der Waals surface area (Å²) in [7, 11) is 0. The summed E-state index contributed by atoms with van der Waals surface area (Å²) in [6.45, 7) is 5.23. The standard InChI is InChI=1S/C15H20N2O2S/c1-4-14-16-12-7-11(15(18)19)5-6-13(12)17(14)8-10(2)9-20-3/h5-7,10H,4,8-9H2,1-3H3,(H,18,19). The lowest BCUT2D eigenvalue weighted by Crippen LogP contribution is -2.12. The summed E-state index contributed by atoms with van der Waals surface area (Å²) >= 11 is 1.85. The number of imidazole rings is 1. The molecule has 0 bridgehead atoms. The van der Waals surface area contributed by atoms with Crippen molar-refractivity contribution in [2.24, 2.45) is 5.92 Å². The smallest absolute Gasteiger partial charge is 0.335 e. The highest BCUT2D eigenvalue weighted by Gasteiger charge is 2.14. The highest BCUT2D eigenvalue weighted by molar-refractivity contribution is 7.98. The second kappa shape index (κ2) is 6.31. The minimum atomic E-state index is -0.907. The van der Waals surface area contributed by atoms with Crippen LogP contribution in [0.3, 0.4) is 0 Å². The summed E-state index contributed by atoms with van der Waals surface area (Å²) in [5, 5.41) is 9.06. The first-order valence-electron chi connectivity index (χ1n) is 6.78. The van der Waals surface area contributed by atoms with Gasteiger partial charge in [-0.2, -0.15) is 11.8 Å². The average molecular weight is 292 g/mol. The van der Waals surface area contributed by atoms with Gasteiger partial charge in [0.25, 0.3) is 0 Å². The van der Waals surface area contributed by atoms with Crippen LogP contribution in [0.4, 0.5) is 0 Å². The Balaban J connectivity index is 2.44. The monoisotopic (exact) mass is 292 g/mol. The van der Waals surface area contributed by atoms with Gasteiger partial charge in [-0.25, -0.2) is 9.78 Å². The quantitative estimate of drug-likeness (QED) is 0.887. The van der Waals surface area contributed by atoms with E-state index in [2.05, 4.69) is 29.7 Å². The number of carbonyl (C=O) groups is 1. The zero-order chi connectivity index (χ0) is 14.7. The molecule has 0 aliphatic carbocycles. The van der Waals surface area contributed by atoms with Crippen molar-refractivity contribution in [3.05, 3.63) is 29.6 Å². The van der Waals surface area contributed by atoms with Gasteiger partial charge in [-0.3, -0.25) is 0 Å². The molecule has 4 nitrogen and oxygen atoms in total. The van der Waals surface area contributed by atoms with Crippen LogP contribution in [0.1, 0.15) is 30.0 Å². The fourth-order valence-corrected chi connectivity index (χ4v) is 3.11. The van der Waals surface area contributed by atoms with E-state index in [9.17, 15) is 4.79 Å². The molecular weight excluding hydrogens is 272 g/mol.